The Kier molecular flexibility index (Phi) is 5.74. The number of amides is 1. The van der Waals surface area contributed by atoms with Gasteiger partial charge in [-0.1, -0.05) is 18.5 Å². The highest BCUT2D eigenvalue weighted by Gasteiger charge is 2.25. The molecule has 1 aliphatic heterocycles. The summed E-state index contributed by atoms with van der Waals surface area (Å²) in [6.07, 6.45) is 1.92. The fourth-order valence-corrected chi connectivity index (χ4v) is 2.91. The molecule has 0 spiro atoms. The second-order valence-electron chi connectivity index (χ2n) is 5.46. The lowest BCUT2D eigenvalue weighted by molar-refractivity contribution is -0.384. The molecule has 0 atom stereocenters. The summed E-state index contributed by atoms with van der Waals surface area (Å²) in [5.74, 6) is 0.443. The molecule has 120 valence electrons. The molecule has 1 aromatic rings. The third-order valence-electron chi connectivity index (χ3n) is 3.98. The second-order valence-corrected chi connectivity index (χ2v) is 5.87. The number of nitro benzene ring substituents is 1. The first-order valence-electron chi connectivity index (χ1n) is 7.46. The molecule has 0 bridgehead atoms. The first kappa shape index (κ1) is 16.7. The SMILES string of the molecule is CCNCC1CCN(C(=O)c2ccc([N+](=O)[O-])cc2Cl)CC1. The maximum absolute atomic E-state index is 12.5. The molecule has 0 saturated carbocycles. The van der Waals surface area contributed by atoms with Gasteiger partial charge in [0.2, 0.25) is 0 Å². The van der Waals surface area contributed by atoms with Gasteiger partial charge in [0, 0.05) is 25.2 Å². The minimum atomic E-state index is -0.521. The average molecular weight is 326 g/mol. The number of carbonyl (C=O) groups excluding carboxylic acids is 1. The molecule has 1 amide bonds. The van der Waals surface area contributed by atoms with E-state index >= 15 is 0 Å². The third-order valence-corrected chi connectivity index (χ3v) is 4.29. The van der Waals surface area contributed by atoms with Crippen molar-refractivity contribution < 1.29 is 9.72 Å². The van der Waals surface area contributed by atoms with Crippen molar-refractivity contribution in [2.24, 2.45) is 5.92 Å². The number of hydrogen-bond acceptors (Lipinski definition) is 4. The molecule has 0 radical (unpaired) electrons. The Morgan fingerprint density at radius 1 is 1.45 bits per heavy atom. The van der Waals surface area contributed by atoms with Gasteiger partial charge in [-0.2, -0.15) is 0 Å². The number of rotatable bonds is 5. The van der Waals surface area contributed by atoms with E-state index in [1.165, 1.54) is 18.2 Å². The van der Waals surface area contributed by atoms with Crippen LogP contribution in [0.15, 0.2) is 18.2 Å². The minimum absolute atomic E-state index is 0.106. The summed E-state index contributed by atoms with van der Waals surface area (Å²) in [6, 6.07) is 3.98. The highest BCUT2D eigenvalue weighted by Crippen LogP contribution is 2.25. The zero-order valence-corrected chi connectivity index (χ0v) is 13.3. The van der Waals surface area contributed by atoms with Crippen molar-refractivity contribution in [3.05, 3.63) is 38.9 Å². The summed E-state index contributed by atoms with van der Waals surface area (Å²) in [5.41, 5.74) is 0.225. The summed E-state index contributed by atoms with van der Waals surface area (Å²) in [4.78, 5) is 24.4. The number of likely N-dealkylation sites (tertiary alicyclic amines) is 1. The summed E-state index contributed by atoms with van der Waals surface area (Å²) in [7, 11) is 0. The van der Waals surface area contributed by atoms with Gasteiger partial charge in [-0.15, -0.1) is 0 Å². The quantitative estimate of drug-likeness (QED) is 0.667. The number of nitrogens with zero attached hydrogens (tertiary/aromatic N) is 2. The number of hydrogen-bond donors (Lipinski definition) is 1. The van der Waals surface area contributed by atoms with Crippen LogP contribution in [0.5, 0.6) is 0 Å². The molecule has 1 aromatic carbocycles. The monoisotopic (exact) mass is 325 g/mol. The predicted octanol–water partition coefficient (Wildman–Crippen LogP) is 2.71. The molecule has 1 saturated heterocycles. The molecule has 1 fully saturated rings. The molecule has 1 aliphatic rings. The van der Waals surface area contributed by atoms with Gasteiger partial charge in [0.25, 0.3) is 11.6 Å². The smallest absolute Gasteiger partial charge is 0.270 e. The summed E-state index contributed by atoms with van der Waals surface area (Å²) in [6.45, 7) is 5.41. The molecule has 0 aromatic heterocycles. The largest absolute Gasteiger partial charge is 0.339 e. The Bertz CT molecular complexity index is 557. The topological polar surface area (TPSA) is 75.5 Å². The van der Waals surface area contributed by atoms with E-state index < -0.39 is 4.92 Å². The zero-order valence-electron chi connectivity index (χ0n) is 12.5. The molecule has 1 N–H and O–H groups in total. The van der Waals surface area contributed by atoms with Crippen molar-refractivity contribution in [3.63, 3.8) is 0 Å². The van der Waals surface area contributed by atoms with Gasteiger partial charge in [-0.25, -0.2) is 0 Å². The number of benzene rings is 1. The molecular formula is C15H20ClN3O3. The summed E-state index contributed by atoms with van der Waals surface area (Å²) in [5, 5.41) is 14.2. The normalized spacial score (nSPS) is 15.8. The Morgan fingerprint density at radius 3 is 2.68 bits per heavy atom. The highest BCUT2D eigenvalue weighted by atomic mass is 35.5. The van der Waals surface area contributed by atoms with Crippen LogP contribution in [-0.4, -0.2) is 41.9 Å². The van der Waals surface area contributed by atoms with Gasteiger partial charge >= 0.3 is 0 Å². The van der Waals surface area contributed by atoms with E-state index in [9.17, 15) is 14.9 Å². The van der Waals surface area contributed by atoms with E-state index in [1.54, 1.807) is 4.90 Å². The van der Waals surface area contributed by atoms with Crippen LogP contribution < -0.4 is 5.32 Å². The van der Waals surface area contributed by atoms with Crippen LogP contribution in [-0.2, 0) is 0 Å². The number of halogens is 1. The van der Waals surface area contributed by atoms with Crippen molar-refractivity contribution in [2.75, 3.05) is 26.2 Å². The Labute approximate surface area is 134 Å². The molecule has 0 unspecified atom stereocenters. The number of carbonyl (C=O) groups is 1. The maximum atomic E-state index is 12.5. The fourth-order valence-electron chi connectivity index (χ4n) is 2.65. The molecule has 6 nitrogen and oxygen atoms in total. The van der Waals surface area contributed by atoms with Crippen LogP contribution in [0.25, 0.3) is 0 Å². The van der Waals surface area contributed by atoms with Crippen LogP contribution in [0.1, 0.15) is 30.1 Å². The van der Waals surface area contributed by atoms with Crippen molar-refractivity contribution >= 4 is 23.2 Å². The molecule has 1 heterocycles. The Morgan fingerprint density at radius 2 is 2.14 bits per heavy atom. The van der Waals surface area contributed by atoms with E-state index in [2.05, 4.69) is 12.2 Å². The van der Waals surface area contributed by atoms with Crippen molar-refractivity contribution in [1.82, 2.24) is 10.2 Å². The first-order valence-corrected chi connectivity index (χ1v) is 7.84. The Balaban J connectivity index is 1.99. The lowest BCUT2D eigenvalue weighted by Gasteiger charge is -2.32. The van der Waals surface area contributed by atoms with E-state index in [0.29, 0.717) is 24.6 Å². The molecule has 22 heavy (non-hydrogen) atoms. The van der Waals surface area contributed by atoms with Crippen molar-refractivity contribution in [1.29, 1.82) is 0 Å². The maximum Gasteiger partial charge on any atom is 0.270 e. The van der Waals surface area contributed by atoms with Gasteiger partial charge in [0.15, 0.2) is 0 Å². The molecule has 7 heteroatoms. The lowest BCUT2D eigenvalue weighted by Crippen LogP contribution is -2.40. The van der Waals surface area contributed by atoms with Gasteiger partial charge in [-0.05, 0) is 37.9 Å². The van der Waals surface area contributed by atoms with Crippen LogP contribution >= 0.6 is 11.6 Å². The van der Waals surface area contributed by atoms with E-state index in [1.807, 2.05) is 0 Å². The Hall–Kier alpha value is -1.66. The number of non-ortho nitro benzene ring substituents is 1. The van der Waals surface area contributed by atoms with Crippen LogP contribution in [0.3, 0.4) is 0 Å². The van der Waals surface area contributed by atoms with Gasteiger partial charge in [0.1, 0.15) is 0 Å². The lowest BCUT2D eigenvalue weighted by atomic mass is 9.96. The number of piperidine rings is 1. The number of nitrogens with one attached hydrogen (secondary N) is 1. The van der Waals surface area contributed by atoms with Crippen LogP contribution in [0.4, 0.5) is 5.69 Å². The van der Waals surface area contributed by atoms with Crippen molar-refractivity contribution in [2.45, 2.75) is 19.8 Å². The zero-order chi connectivity index (χ0) is 16.1. The fraction of sp³-hybridized carbons (Fsp3) is 0.533. The van der Waals surface area contributed by atoms with Gasteiger partial charge in [0.05, 0.1) is 15.5 Å². The van der Waals surface area contributed by atoms with E-state index in [-0.39, 0.29) is 16.6 Å². The standard InChI is InChI=1S/C15H20ClN3O3/c1-2-17-10-11-5-7-18(8-6-11)15(20)13-4-3-12(19(21)22)9-14(13)16/h3-4,9,11,17H,2,5-8,10H2,1H3. The average Bonchev–Trinajstić information content (AvgIpc) is 2.52. The van der Waals surface area contributed by atoms with Crippen LogP contribution in [0.2, 0.25) is 5.02 Å². The minimum Gasteiger partial charge on any atom is -0.339 e. The van der Waals surface area contributed by atoms with Crippen LogP contribution in [0, 0.1) is 16.0 Å². The van der Waals surface area contributed by atoms with Gasteiger partial charge in [-0.3, -0.25) is 14.9 Å². The van der Waals surface area contributed by atoms with Gasteiger partial charge < -0.3 is 10.2 Å². The third kappa shape index (κ3) is 3.96. The summed E-state index contributed by atoms with van der Waals surface area (Å²) >= 11 is 6.02. The number of nitro groups is 1. The predicted molar refractivity (Wildman–Crippen MR) is 85.3 cm³/mol. The summed E-state index contributed by atoms with van der Waals surface area (Å²) < 4.78 is 0. The molecule has 2 rings (SSSR count). The first-order chi connectivity index (χ1) is 10.5. The van der Waals surface area contributed by atoms with E-state index in [4.69, 9.17) is 11.6 Å². The second kappa shape index (κ2) is 7.56. The van der Waals surface area contributed by atoms with E-state index in [0.717, 1.165) is 25.9 Å². The molecular weight excluding hydrogens is 306 g/mol. The van der Waals surface area contributed by atoms with Crippen molar-refractivity contribution in [3.8, 4) is 0 Å². The molecule has 0 aliphatic carbocycles. The highest BCUT2D eigenvalue weighted by molar-refractivity contribution is 6.34.